The molecule has 2 aromatic rings. The van der Waals surface area contributed by atoms with E-state index < -0.39 is 12.1 Å². The maximum atomic E-state index is 12.2. The lowest BCUT2D eigenvalue weighted by Crippen LogP contribution is -2.24. The minimum atomic E-state index is -0.971. The van der Waals surface area contributed by atoms with Gasteiger partial charge in [-0.15, -0.1) is 0 Å². The fourth-order valence-electron chi connectivity index (χ4n) is 1.81. The van der Waals surface area contributed by atoms with Crippen molar-refractivity contribution in [2.24, 2.45) is 0 Å². The van der Waals surface area contributed by atoms with Crippen LogP contribution in [0.25, 0.3) is 0 Å². The van der Waals surface area contributed by atoms with Crippen LogP contribution in [0.5, 0.6) is 0 Å². The SMILES string of the molecule is C[C@@H](OC(=O)c1c(Cl)cccc1Cl)C(=O)c1ccc(Cl)cc1. The van der Waals surface area contributed by atoms with Crippen molar-refractivity contribution in [1.29, 1.82) is 0 Å². The zero-order valence-electron chi connectivity index (χ0n) is 11.5. The number of halogens is 3. The molecular formula is C16H11Cl3O3. The number of hydrogen-bond donors (Lipinski definition) is 0. The number of rotatable bonds is 4. The van der Waals surface area contributed by atoms with E-state index in [9.17, 15) is 9.59 Å². The predicted octanol–water partition coefficient (Wildman–Crippen LogP) is 5.08. The maximum Gasteiger partial charge on any atom is 0.341 e. The molecule has 114 valence electrons. The molecule has 2 rings (SSSR count). The van der Waals surface area contributed by atoms with Gasteiger partial charge in [-0.1, -0.05) is 40.9 Å². The molecule has 0 heterocycles. The highest BCUT2D eigenvalue weighted by Gasteiger charge is 2.23. The Morgan fingerprint density at radius 2 is 1.50 bits per heavy atom. The molecule has 0 radical (unpaired) electrons. The van der Waals surface area contributed by atoms with Crippen LogP contribution in [0.2, 0.25) is 15.1 Å². The minimum absolute atomic E-state index is 0.0431. The van der Waals surface area contributed by atoms with Crippen LogP contribution >= 0.6 is 34.8 Å². The van der Waals surface area contributed by atoms with Crippen LogP contribution < -0.4 is 0 Å². The number of carbonyl (C=O) groups is 2. The molecule has 0 saturated carbocycles. The van der Waals surface area contributed by atoms with Gasteiger partial charge in [0.15, 0.2) is 6.10 Å². The highest BCUT2D eigenvalue weighted by molar-refractivity contribution is 6.39. The van der Waals surface area contributed by atoms with E-state index in [-0.39, 0.29) is 21.4 Å². The van der Waals surface area contributed by atoms with E-state index in [0.29, 0.717) is 10.6 Å². The third kappa shape index (κ3) is 3.80. The molecule has 0 saturated heterocycles. The van der Waals surface area contributed by atoms with E-state index in [0.717, 1.165) is 0 Å². The van der Waals surface area contributed by atoms with Crippen molar-refractivity contribution in [3.63, 3.8) is 0 Å². The average Bonchev–Trinajstić information content (AvgIpc) is 2.47. The second-order valence-corrected chi connectivity index (χ2v) is 5.77. The zero-order valence-corrected chi connectivity index (χ0v) is 13.7. The topological polar surface area (TPSA) is 43.4 Å². The molecule has 0 amide bonds. The highest BCUT2D eigenvalue weighted by atomic mass is 35.5. The van der Waals surface area contributed by atoms with Crippen molar-refractivity contribution in [3.05, 3.63) is 68.7 Å². The molecule has 0 unspecified atom stereocenters. The first-order valence-electron chi connectivity index (χ1n) is 6.35. The van der Waals surface area contributed by atoms with Crippen LogP contribution in [0.4, 0.5) is 0 Å². The molecule has 0 aliphatic heterocycles. The fourth-order valence-corrected chi connectivity index (χ4v) is 2.49. The van der Waals surface area contributed by atoms with Crippen LogP contribution in [0.1, 0.15) is 27.6 Å². The van der Waals surface area contributed by atoms with Crippen LogP contribution in [-0.4, -0.2) is 17.9 Å². The van der Waals surface area contributed by atoms with Crippen molar-refractivity contribution in [3.8, 4) is 0 Å². The van der Waals surface area contributed by atoms with Crippen molar-refractivity contribution >= 4 is 46.6 Å². The number of ether oxygens (including phenoxy) is 1. The van der Waals surface area contributed by atoms with Gasteiger partial charge in [0.1, 0.15) is 0 Å². The van der Waals surface area contributed by atoms with Crippen LogP contribution in [-0.2, 0) is 4.74 Å². The first-order valence-corrected chi connectivity index (χ1v) is 7.48. The van der Waals surface area contributed by atoms with E-state index in [1.165, 1.54) is 19.1 Å². The summed E-state index contributed by atoms with van der Waals surface area (Å²) in [6.07, 6.45) is -0.971. The lowest BCUT2D eigenvalue weighted by Gasteiger charge is -2.13. The standard InChI is InChI=1S/C16H11Cl3O3/c1-9(15(20)10-5-7-11(17)8-6-10)22-16(21)14-12(18)3-2-4-13(14)19/h2-9H,1H3/t9-/m1/s1. The van der Waals surface area contributed by atoms with Crippen molar-refractivity contribution in [2.45, 2.75) is 13.0 Å². The largest absolute Gasteiger partial charge is 0.451 e. The molecule has 0 spiro atoms. The van der Waals surface area contributed by atoms with E-state index in [4.69, 9.17) is 39.5 Å². The fraction of sp³-hybridized carbons (Fsp3) is 0.125. The van der Waals surface area contributed by atoms with E-state index >= 15 is 0 Å². The van der Waals surface area contributed by atoms with Crippen molar-refractivity contribution < 1.29 is 14.3 Å². The van der Waals surface area contributed by atoms with Gasteiger partial charge in [0.2, 0.25) is 5.78 Å². The highest BCUT2D eigenvalue weighted by Crippen LogP contribution is 2.25. The molecule has 0 aliphatic rings. The summed E-state index contributed by atoms with van der Waals surface area (Å²) in [5.41, 5.74) is 0.441. The summed E-state index contributed by atoms with van der Waals surface area (Å²) >= 11 is 17.6. The monoisotopic (exact) mass is 356 g/mol. The van der Waals surface area contributed by atoms with E-state index in [2.05, 4.69) is 0 Å². The number of esters is 1. The van der Waals surface area contributed by atoms with Gasteiger partial charge in [-0.3, -0.25) is 4.79 Å². The molecule has 0 aliphatic carbocycles. The molecule has 3 nitrogen and oxygen atoms in total. The summed E-state index contributed by atoms with van der Waals surface area (Å²) in [4.78, 5) is 24.3. The number of ketones is 1. The Kier molecular flexibility index (Phi) is 5.46. The smallest absolute Gasteiger partial charge is 0.341 e. The van der Waals surface area contributed by atoms with Crippen LogP contribution in [0.3, 0.4) is 0 Å². The molecule has 0 N–H and O–H groups in total. The minimum Gasteiger partial charge on any atom is -0.451 e. The summed E-state index contributed by atoms with van der Waals surface area (Å²) in [5.74, 6) is -1.08. The molecular weight excluding hydrogens is 347 g/mol. The van der Waals surface area contributed by atoms with Crippen molar-refractivity contribution in [1.82, 2.24) is 0 Å². The van der Waals surface area contributed by atoms with Gasteiger partial charge in [-0.2, -0.15) is 0 Å². The number of hydrogen-bond acceptors (Lipinski definition) is 3. The Hall–Kier alpha value is -1.55. The van der Waals surface area contributed by atoms with Gasteiger partial charge < -0.3 is 4.74 Å². The zero-order chi connectivity index (χ0) is 16.3. The molecule has 0 aromatic heterocycles. The van der Waals surface area contributed by atoms with E-state index in [1.54, 1.807) is 30.3 Å². The molecule has 6 heteroatoms. The predicted molar refractivity (Wildman–Crippen MR) is 87.1 cm³/mol. The maximum absolute atomic E-state index is 12.2. The van der Waals surface area contributed by atoms with Crippen molar-refractivity contribution in [2.75, 3.05) is 0 Å². The number of benzene rings is 2. The Balaban J connectivity index is 2.14. The van der Waals surface area contributed by atoms with Gasteiger partial charge in [0.25, 0.3) is 0 Å². The molecule has 1 atom stereocenters. The Morgan fingerprint density at radius 1 is 0.955 bits per heavy atom. The normalized spacial score (nSPS) is 11.8. The Bertz CT molecular complexity index is 691. The lowest BCUT2D eigenvalue weighted by molar-refractivity contribution is 0.0319. The summed E-state index contributed by atoms with van der Waals surface area (Å²) < 4.78 is 5.15. The second-order valence-electron chi connectivity index (χ2n) is 4.52. The lowest BCUT2D eigenvalue weighted by atomic mass is 10.1. The Morgan fingerprint density at radius 3 is 2.05 bits per heavy atom. The quantitative estimate of drug-likeness (QED) is 0.566. The van der Waals surface area contributed by atoms with Crippen LogP contribution in [0, 0.1) is 0 Å². The molecule has 22 heavy (non-hydrogen) atoms. The average molecular weight is 358 g/mol. The first kappa shape index (κ1) is 16.8. The summed E-state index contributed by atoms with van der Waals surface area (Å²) in [7, 11) is 0. The van der Waals surface area contributed by atoms with Gasteiger partial charge in [-0.05, 0) is 43.3 Å². The summed E-state index contributed by atoms with van der Waals surface area (Å²) in [6, 6.07) is 11.0. The summed E-state index contributed by atoms with van der Waals surface area (Å²) in [6.45, 7) is 1.49. The van der Waals surface area contributed by atoms with Gasteiger partial charge >= 0.3 is 5.97 Å². The third-order valence-corrected chi connectivity index (χ3v) is 3.83. The van der Waals surface area contributed by atoms with Crippen LogP contribution in [0.15, 0.2) is 42.5 Å². The first-order chi connectivity index (χ1) is 10.4. The number of carbonyl (C=O) groups excluding carboxylic acids is 2. The molecule has 2 aromatic carbocycles. The molecule has 0 bridgehead atoms. The van der Waals surface area contributed by atoms with E-state index in [1.807, 2.05) is 0 Å². The summed E-state index contributed by atoms with van der Waals surface area (Å²) in [5, 5.41) is 0.858. The molecule has 0 fully saturated rings. The van der Waals surface area contributed by atoms with Gasteiger partial charge in [0.05, 0.1) is 15.6 Å². The van der Waals surface area contributed by atoms with Gasteiger partial charge in [0, 0.05) is 10.6 Å². The third-order valence-electron chi connectivity index (χ3n) is 2.95. The Labute approximate surface area is 142 Å². The number of Topliss-reactive ketones (excluding diaryl/α,β-unsaturated/α-hetero) is 1. The van der Waals surface area contributed by atoms with Gasteiger partial charge in [-0.25, -0.2) is 4.79 Å². The second kappa shape index (κ2) is 7.14.